The molecule has 5 rings (SSSR count). The van der Waals surface area contributed by atoms with Gasteiger partial charge in [-0.1, -0.05) is 0 Å². The number of carbonyl (C=O) groups is 1. The molecule has 8 nitrogen and oxygen atoms in total. The number of hydrogen-bond acceptors (Lipinski definition) is 6. The smallest absolute Gasteiger partial charge is 0.373 e. The van der Waals surface area contributed by atoms with Gasteiger partial charge in [0.25, 0.3) is 5.91 Å². The highest BCUT2D eigenvalue weighted by atomic mass is 19.4. The Hall–Kier alpha value is -3.35. The minimum Gasteiger partial charge on any atom is -0.373 e. The van der Waals surface area contributed by atoms with E-state index in [0.717, 1.165) is 28.4 Å². The van der Waals surface area contributed by atoms with Crippen LogP contribution in [0.25, 0.3) is 5.65 Å². The maximum Gasteiger partial charge on any atom is 0.407 e. The van der Waals surface area contributed by atoms with Crippen LogP contribution >= 0.6 is 0 Å². The topological polar surface area (TPSA) is 74.8 Å². The molecule has 0 aromatic carbocycles. The van der Waals surface area contributed by atoms with E-state index in [9.17, 15) is 26.7 Å². The fraction of sp³-hybridized carbons (Fsp3) is 0.500. The molecule has 4 atom stereocenters. The van der Waals surface area contributed by atoms with Crippen molar-refractivity contribution in [2.45, 2.75) is 51.1 Å². The van der Waals surface area contributed by atoms with Crippen LogP contribution in [-0.2, 0) is 9.53 Å². The quantitative estimate of drug-likeness (QED) is 0.542. The molecule has 2 aromatic rings. The zero-order valence-corrected chi connectivity index (χ0v) is 20.1. The maximum absolute atomic E-state index is 14.2. The van der Waals surface area contributed by atoms with Crippen molar-refractivity contribution in [2.24, 2.45) is 16.0 Å². The van der Waals surface area contributed by atoms with Crippen LogP contribution in [0.2, 0.25) is 0 Å². The van der Waals surface area contributed by atoms with Crippen LogP contribution in [0.3, 0.4) is 0 Å². The number of alkyl halides is 3. The van der Waals surface area contributed by atoms with E-state index < -0.39 is 42.2 Å². The number of pyridine rings is 1. The first-order valence-electron chi connectivity index (χ1n) is 12.0. The third kappa shape index (κ3) is 4.96. The Labute approximate surface area is 209 Å². The molecule has 3 aliphatic heterocycles. The van der Waals surface area contributed by atoms with Crippen molar-refractivity contribution in [3.8, 4) is 0 Å². The molecule has 198 valence electrons. The molecule has 5 heterocycles. The van der Waals surface area contributed by atoms with E-state index >= 15 is 0 Å². The maximum atomic E-state index is 14.2. The number of aliphatic imine (C=N–C) groups is 1. The van der Waals surface area contributed by atoms with Gasteiger partial charge >= 0.3 is 6.18 Å². The number of fused-ring (bicyclic) bond motifs is 2. The zero-order valence-electron chi connectivity index (χ0n) is 20.1. The van der Waals surface area contributed by atoms with Gasteiger partial charge in [-0.15, -0.1) is 0 Å². The van der Waals surface area contributed by atoms with Gasteiger partial charge in [0.1, 0.15) is 18.1 Å². The Morgan fingerprint density at radius 1 is 1.27 bits per heavy atom. The van der Waals surface area contributed by atoms with Crippen molar-refractivity contribution < 1.29 is 31.5 Å². The first kappa shape index (κ1) is 25.3. The first-order chi connectivity index (χ1) is 17.5. The van der Waals surface area contributed by atoms with Gasteiger partial charge in [-0.05, 0) is 32.8 Å². The Morgan fingerprint density at radius 2 is 2.05 bits per heavy atom. The fourth-order valence-corrected chi connectivity index (χ4v) is 4.99. The summed E-state index contributed by atoms with van der Waals surface area (Å²) in [6.07, 6.45) is 2.08. The molecule has 0 N–H and O–H groups in total. The molecule has 0 saturated carbocycles. The minimum atomic E-state index is -4.58. The summed E-state index contributed by atoms with van der Waals surface area (Å²) in [7, 11) is 0. The number of aromatic nitrogens is 2. The summed E-state index contributed by atoms with van der Waals surface area (Å²) >= 11 is 0. The average molecular weight is 524 g/mol. The Kier molecular flexibility index (Phi) is 6.50. The highest BCUT2D eigenvalue weighted by Crippen LogP contribution is 2.33. The molecule has 1 fully saturated rings. The zero-order chi connectivity index (χ0) is 26.5. The largest absolute Gasteiger partial charge is 0.407 e. The second-order valence-electron chi connectivity index (χ2n) is 9.38. The number of hydrazone groups is 1. The van der Waals surface area contributed by atoms with Crippen LogP contribution < -0.4 is 0 Å². The monoisotopic (exact) mass is 524 g/mol. The van der Waals surface area contributed by atoms with Gasteiger partial charge in [-0.2, -0.15) is 18.3 Å². The molecule has 3 aliphatic rings. The lowest BCUT2D eigenvalue weighted by molar-refractivity contribution is -0.148. The van der Waals surface area contributed by atoms with Crippen molar-refractivity contribution in [3.63, 3.8) is 0 Å². The highest BCUT2D eigenvalue weighted by Gasteiger charge is 2.44. The number of amides is 1. The number of likely N-dealkylation sites (N-methyl/N-ethyl adjacent to an activating group) is 1. The number of nitrogens with zero attached hydrogens (tertiary/aromatic N) is 6. The van der Waals surface area contributed by atoms with Crippen molar-refractivity contribution in [3.05, 3.63) is 47.6 Å². The molecule has 1 amide bonds. The van der Waals surface area contributed by atoms with Crippen molar-refractivity contribution >= 4 is 23.5 Å². The standard InChI is InChI=1S/C24H25F5N6O2/c1-3-33(11-15-5-4-13(2)37-15)23(36)18-7-19-16(8-30-18)21(32-35(19)12-24(27,28)29)20-9-31-22-17(26)6-14(25)10-34(20)22/h6-10,13,15-16,19H,3-5,11-12H2,1-2H3. The lowest BCUT2D eigenvalue weighted by Crippen LogP contribution is -2.42. The van der Waals surface area contributed by atoms with E-state index in [0.29, 0.717) is 19.2 Å². The fourth-order valence-electron chi connectivity index (χ4n) is 4.99. The number of hydrogen-bond donors (Lipinski definition) is 0. The number of rotatable bonds is 6. The van der Waals surface area contributed by atoms with E-state index in [1.807, 2.05) is 13.8 Å². The lowest BCUT2D eigenvalue weighted by atomic mass is 9.92. The van der Waals surface area contributed by atoms with Crippen LogP contribution in [0.4, 0.5) is 22.0 Å². The predicted molar refractivity (Wildman–Crippen MR) is 124 cm³/mol. The SMILES string of the molecule is CCN(CC1CCC(C)O1)C(=O)C1=CC2C(C=N1)C(c1cnc3c(F)cc(F)cn13)=NN2CC(F)(F)F. The normalized spacial score (nSPS) is 25.4. The Balaban J connectivity index is 1.45. The Bertz CT molecular complexity index is 1300. The van der Waals surface area contributed by atoms with Crippen LogP contribution in [0.5, 0.6) is 0 Å². The molecular weight excluding hydrogens is 499 g/mol. The van der Waals surface area contributed by atoms with Gasteiger partial charge in [0, 0.05) is 31.6 Å². The number of imidazole rings is 1. The van der Waals surface area contributed by atoms with Gasteiger partial charge < -0.3 is 9.64 Å². The summed E-state index contributed by atoms with van der Waals surface area (Å²) in [4.78, 5) is 23.0. The van der Waals surface area contributed by atoms with Crippen LogP contribution in [0.1, 0.15) is 32.4 Å². The van der Waals surface area contributed by atoms with Gasteiger partial charge in [0.2, 0.25) is 0 Å². The molecule has 0 spiro atoms. The van der Waals surface area contributed by atoms with Crippen molar-refractivity contribution in [1.82, 2.24) is 19.3 Å². The molecule has 13 heteroatoms. The molecule has 0 aliphatic carbocycles. The van der Waals surface area contributed by atoms with Gasteiger partial charge in [0.05, 0.1) is 41.8 Å². The van der Waals surface area contributed by atoms with Crippen LogP contribution in [0.15, 0.2) is 40.3 Å². The van der Waals surface area contributed by atoms with Gasteiger partial charge in [0.15, 0.2) is 11.5 Å². The lowest BCUT2D eigenvalue weighted by Gasteiger charge is -2.29. The van der Waals surface area contributed by atoms with Gasteiger partial charge in [-0.25, -0.2) is 13.8 Å². The van der Waals surface area contributed by atoms with E-state index in [4.69, 9.17) is 4.74 Å². The third-order valence-corrected chi connectivity index (χ3v) is 6.73. The summed E-state index contributed by atoms with van der Waals surface area (Å²) in [6.45, 7) is 3.12. The second kappa shape index (κ2) is 9.51. The molecule has 0 bridgehead atoms. The number of ether oxygens (including phenoxy) is 1. The summed E-state index contributed by atoms with van der Waals surface area (Å²) in [5.41, 5.74) is 0.0587. The van der Waals surface area contributed by atoms with E-state index in [1.165, 1.54) is 18.5 Å². The summed E-state index contributed by atoms with van der Waals surface area (Å²) in [6, 6.07) is -0.306. The van der Waals surface area contributed by atoms with Crippen molar-refractivity contribution in [1.29, 1.82) is 0 Å². The summed E-state index contributed by atoms with van der Waals surface area (Å²) in [5.74, 6) is -3.00. The van der Waals surface area contributed by atoms with E-state index in [1.54, 1.807) is 4.90 Å². The van der Waals surface area contributed by atoms with E-state index in [-0.39, 0.29) is 35.0 Å². The molecule has 0 radical (unpaired) electrons. The molecule has 4 unspecified atom stereocenters. The molecule has 1 saturated heterocycles. The molecular formula is C24H25F5N6O2. The van der Waals surface area contributed by atoms with Crippen molar-refractivity contribution in [2.75, 3.05) is 19.6 Å². The second-order valence-corrected chi connectivity index (χ2v) is 9.38. The van der Waals surface area contributed by atoms with E-state index in [2.05, 4.69) is 15.1 Å². The first-order valence-corrected chi connectivity index (χ1v) is 12.0. The van der Waals surface area contributed by atoms with Gasteiger partial charge in [-0.3, -0.25) is 19.2 Å². The third-order valence-electron chi connectivity index (χ3n) is 6.73. The Morgan fingerprint density at radius 3 is 2.73 bits per heavy atom. The predicted octanol–water partition coefficient (Wildman–Crippen LogP) is 3.56. The summed E-state index contributed by atoms with van der Waals surface area (Å²) < 4.78 is 75.3. The van der Waals surface area contributed by atoms with Crippen LogP contribution in [-0.4, -0.2) is 81.2 Å². The summed E-state index contributed by atoms with van der Waals surface area (Å²) in [5, 5.41) is 4.99. The average Bonchev–Trinajstić information content (AvgIpc) is 3.53. The molecule has 2 aromatic heterocycles. The minimum absolute atomic E-state index is 0.00741. The van der Waals surface area contributed by atoms with Crippen LogP contribution in [0, 0.1) is 17.6 Å². The molecule has 37 heavy (non-hydrogen) atoms. The number of halogens is 5. The highest BCUT2D eigenvalue weighted by molar-refractivity contribution is 6.12. The number of carbonyl (C=O) groups excluding carboxylic acids is 1.